The Morgan fingerprint density at radius 1 is 1.10 bits per heavy atom. The van der Waals surface area contributed by atoms with E-state index in [1.54, 1.807) is 26.2 Å². The molecule has 2 aromatic rings. The van der Waals surface area contributed by atoms with Crippen LogP contribution in [0.3, 0.4) is 0 Å². The number of rotatable bonds is 8. The number of ether oxygens (including phenoxy) is 2. The number of carbonyl (C=O) groups excluding carboxylic acids is 2. The lowest BCUT2D eigenvalue weighted by atomic mass is 10.1. The molecule has 0 bridgehead atoms. The molecule has 0 aromatic heterocycles. The highest BCUT2D eigenvalue weighted by Crippen LogP contribution is 2.18. The molecular formula is C23H29BrN2O4. The van der Waals surface area contributed by atoms with Gasteiger partial charge in [-0.3, -0.25) is 9.59 Å². The smallest absolute Gasteiger partial charge is 0.261 e. The Labute approximate surface area is 186 Å². The minimum Gasteiger partial charge on any atom is -0.497 e. The third-order valence-electron chi connectivity index (χ3n) is 4.33. The molecule has 0 saturated heterocycles. The molecule has 0 aliphatic heterocycles. The maximum atomic E-state index is 13.0. The molecule has 2 amide bonds. The van der Waals surface area contributed by atoms with Gasteiger partial charge in [0.15, 0.2) is 6.61 Å². The molecular weight excluding hydrogens is 448 g/mol. The Morgan fingerprint density at radius 2 is 1.77 bits per heavy atom. The van der Waals surface area contributed by atoms with Gasteiger partial charge in [0, 0.05) is 16.6 Å². The highest BCUT2D eigenvalue weighted by atomic mass is 79.9. The second-order valence-electron chi connectivity index (χ2n) is 8.03. The number of halogens is 1. The third kappa shape index (κ3) is 7.37. The lowest BCUT2D eigenvalue weighted by molar-refractivity contribution is -0.142. The molecule has 30 heavy (non-hydrogen) atoms. The van der Waals surface area contributed by atoms with Crippen molar-refractivity contribution in [3.63, 3.8) is 0 Å². The van der Waals surface area contributed by atoms with Crippen molar-refractivity contribution in [2.45, 2.75) is 45.8 Å². The summed E-state index contributed by atoms with van der Waals surface area (Å²) in [5, 5.41) is 2.94. The predicted molar refractivity (Wildman–Crippen MR) is 121 cm³/mol. The number of nitrogens with one attached hydrogen (secondary N) is 1. The van der Waals surface area contributed by atoms with Crippen molar-refractivity contribution in [3.05, 3.63) is 58.6 Å². The van der Waals surface area contributed by atoms with Crippen LogP contribution in [-0.2, 0) is 16.1 Å². The van der Waals surface area contributed by atoms with E-state index >= 15 is 0 Å². The number of amides is 2. The normalized spacial score (nSPS) is 12.1. The lowest BCUT2D eigenvalue weighted by Crippen LogP contribution is -2.53. The standard InChI is InChI=1S/C23H29BrN2O4/c1-16(22(28)25-23(2,3)4)26(14-17-7-6-8-20(13-17)29-5)21(27)15-30-19-11-9-18(24)10-12-19/h6-13,16H,14-15H2,1-5H3,(H,25,28). The van der Waals surface area contributed by atoms with Crippen molar-refractivity contribution in [2.75, 3.05) is 13.7 Å². The van der Waals surface area contributed by atoms with E-state index in [0.29, 0.717) is 11.5 Å². The van der Waals surface area contributed by atoms with Crippen molar-refractivity contribution < 1.29 is 19.1 Å². The first-order valence-corrected chi connectivity index (χ1v) is 10.5. The number of benzene rings is 2. The average molecular weight is 477 g/mol. The maximum absolute atomic E-state index is 13.0. The van der Waals surface area contributed by atoms with E-state index < -0.39 is 11.6 Å². The number of methoxy groups -OCH3 is 1. The molecule has 0 radical (unpaired) electrons. The van der Waals surface area contributed by atoms with Crippen LogP contribution in [0.1, 0.15) is 33.3 Å². The fraction of sp³-hybridized carbons (Fsp3) is 0.391. The first-order chi connectivity index (χ1) is 14.1. The minimum absolute atomic E-state index is 0.168. The van der Waals surface area contributed by atoms with Crippen molar-refractivity contribution >= 4 is 27.7 Å². The summed E-state index contributed by atoms with van der Waals surface area (Å²) < 4.78 is 11.8. The van der Waals surface area contributed by atoms with Crippen LogP contribution in [0.2, 0.25) is 0 Å². The lowest BCUT2D eigenvalue weighted by Gasteiger charge is -2.31. The molecule has 2 rings (SSSR count). The Kier molecular flexibility index (Phi) is 8.29. The molecule has 0 spiro atoms. The van der Waals surface area contributed by atoms with Gasteiger partial charge in [0.05, 0.1) is 7.11 Å². The molecule has 0 aliphatic rings. The summed E-state index contributed by atoms with van der Waals surface area (Å²) in [6, 6.07) is 14.0. The summed E-state index contributed by atoms with van der Waals surface area (Å²) in [6.45, 7) is 7.53. The molecule has 7 heteroatoms. The number of carbonyl (C=O) groups is 2. The minimum atomic E-state index is -0.670. The number of nitrogens with zero attached hydrogens (tertiary/aromatic N) is 1. The summed E-state index contributed by atoms with van der Waals surface area (Å²) in [6.07, 6.45) is 0. The molecule has 1 unspecified atom stereocenters. The SMILES string of the molecule is COc1cccc(CN(C(=O)COc2ccc(Br)cc2)C(C)C(=O)NC(C)(C)C)c1. The van der Waals surface area contributed by atoms with Gasteiger partial charge >= 0.3 is 0 Å². The molecule has 1 N–H and O–H groups in total. The van der Waals surface area contributed by atoms with Crippen molar-refractivity contribution in [2.24, 2.45) is 0 Å². The summed E-state index contributed by atoms with van der Waals surface area (Å²) in [4.78, 5) is 27.3. The maximum Gasteiger partial charge on any atom is 0.261 e. The van der Waals surface area contributed by atoms with Crippen LogP contribution in [0.5, 0.6) is 11.5 Å². The Morgan fingerprint density at radius 3 is 2.37 bits per heavy atom. The van der Waals surface area contributed by atoms with Crippen LogP contribution < -0.4 is 14.8 Å². The molecule has 0 aliphatic carbocycles. The van der Waals surface area contributed by atoms with E-state index in [0.717, 1.165) is 10.0 Å². The molecule has 0 heterocycles. The summed E-state index contributed by atoms with van der Waals surface area (Å²) in [5.74, 6) is 0.775. The molecule has 0 fully saturated rings. The first-order valence-electron chi connectivity index (χ1n) is 9.72. The summed E-state index contributed by atoms with van der Waals surface area (Å²) in [7, 11) is 1.59. The van der Waals surface area contributed by atoms with E-state index in [4.69, 9.17) is 9.47 Å². The van der Waals surface area contributed by atoms with Gasteiger partial charge in [-0.2, -0.15) is 0 Å². The zero-order valence-corrected chi connectivity index (χ0v) is 19.7. The summed E-state index contributed by atoms with van der Waals surface area (Å²) in [5.41, 5.74) is 0.464. The van der Waals surface area contributed by atoms with Crippen LogP contribution >= 0.6 is 15.9 Å². The Balaban J connectivity index is 2.18. The van der Waals surface area contributed by atoms with Gasteiger partial charge in [0.2, 0.25) is 5.91 Å². The van der Waals surface area contributed by atoms with Crippen LogP contribution in [0.15, 0.2) is 53.0 Å². The monoisotopic (exact) mass is 476 g/mol. The van der Waals surface area contributed by atoms with Gasteiger partial charge in [0.1, 0.15) is 17.5 Å². The van der Waals surface area contributed by atoms with Crippen molar-refractivity contribution in [1.29, 1.82) is 0 Å². The zero-order chi connectivity index (χ0) is 22.3. The molecule has 0 saturated carbocycles. The van der Waals surface area contributed by atoms with Crippen molar-refractivity contribution in [3.8, 4) is 11.5 Å². The van der Waals surface area contributed by atoms with E-state index in [2.05, 4.69) is 21.2 Å². The van der Waals surface area contributed by atoms with Gasteiger partial charge in [-0.1, -0.05) is 28.1 Å². The van der Waals surface area contributed by atoms with E-state index in [1.165, 1.54) is 4.90 Å². The Bertz CT molecular complexity index is 862. The quantitative estimate of drug-likeness (QED) is 0.620. The summed E-state index contributed by atoms with van der Waals surface area (Å²) >= 11 is 3.37. The van der Waals surface area contributed by atoms with Gasteiger partial charge in [-0.25, -0.2) is 0 Å². The van der Waals surface area contributed by atoms with E-state index in [9.17, 15) is 9.59 Å². The van der Waals surface area contributed by atoms with Crippen LogP contribution in [-0.4, -0.2) is 42.0 Å². The number of hydrogen-bond donors (Lipinski definition) is 1. The first kappa shape index (κ1) is 23.7. The highest BCUT2D eigenvalue weighted by molar-refractivity contribution is 9.10. The fourth-order valence-corrected chi connectivity index (χ4v) is 3.05. The fourth-order valence-electron chi connectivity index (χ4n) is 2.78. The van der Waals surface area contributed by atoms with E-state index in [-0.39, 0.29) is 25.0 Å². The van der Waals surface area contributed by atoms with Crippen LogP contribution in [0, 0.1) is 0 Å². The van der Waals surface area contributed by atoms with Gasteiger partial charge in [-0.15, -0.1) is 0 Å². The second kappa shape index (κ2) is 10.5. The molecule has 2 aromatic carbocycles. The van der Waals surface area contributed by atoms with Crippen molar-refractivity contribution in [1.82, 2.24) is 10.2 Å². The average Bonchev–Trinajstić information content (AvgIpc) is 2.69. The van der Waals surface area contributed by atoms with Crippen LogP contribution in [0.4, 0.5) is 0 Å². The third-order valence-corrected chi connectivity index (χ3v) is 4.86. The second-order valence-corrected chi connectivity index (χ2v) is 8.95. The molecule has 6 nitrogen and oxygen atoms in total. The number of hydrogen-bond acceptors (Lipinski definition) is 4. The zero-order valence-electron chi connectivity index (χ0n) is 18.1. The highest BCUT2D eigenvalue weighted by Gasteiger charge is 2.28. The molecule has 162 valence electrons. The van der Waals surface area contributed by atoms with Gasteiger partial charge in [-0.05, 0) is 69.7 Å². The van der Waals surface area contributed by atoms with E-state index in [1.807, 2.05) is 57.2 Å². The predicted octanol–water partition coefficient (Wildman–Crippen LogP) is 4.17. The van der Waals surface area contributed by atoms with Gasteiger partial charge in [0.25, 0.3) is 5.91 Å². The molecule has 1 atom stereocenters. The largest absolute Gasteiger partial charge is 0.497 e. The topological polar surface area (TPSA) is 67.9 Å². The van der Waals surface area contributed by atoms with Crippen LogP contribution in [0.25, 0.3) is 0 Å². The Hall–Kier alpha value is -2.54. The van der Waals surface area contributed by atoms with Gasteiger partial charge < -0.3 is 19.7 Å².